The van der Waals surface area contributed by atoms with Crippen LogP contribution in [0, 0.1) is 0 Å². The maximum atomic E-state index is 12.0. The molecule has 3 rings (SSSR count). The molecule has 1 aliphatic heterocycles. The lowest BCUT2D eigenvalue weighted by molar-refractivity contribution is -0.119. The van der Waals surface area contributed by atoms with Crippen molar-refractivity contribution in [2.45, 2.75) is 17.6 Å². The molecular weight excluding hydrogens is 348 g/mol. The van der Waals surface area contributed by atoms with Gasteiger partial charge in [0.05, 0.1) is 29.1 Å². The molecule has 24 heavy (non-hydrogen) atoms. The summed E-state index contributed by atoms with van der Waals surface area (Å²) in [6.07, 6.45) is 2.18. The number of rotatable bonds is 5. The third-order valence-corrected chi connectivity index (χ3v) is 6.43. The number of hydrogen-bond donors (Lipinski definition) is 2. The summed E-state index contributed by atoms with van der Waals surface area (Å²) in [4.78, 5) is 16.4. The van der Waals surface area contributed by atoms with Crippen LogP contribution in [0.1, 0.15) is 6.42 Å². The normalized spacial score (nSPS) is 19.2. The van der Waals surface area contributed by atoms with Gasteiger partial charge in [-0.3, -0.25) is 4.79 Å². The molecule has 1 atom stereocenters. The van der Waals surface area contributed by atoms with Crippen molar-refractivity contribution in [2.24, 2.45) is 0 Å². The van der Waals surface area contributed by atoms with Gasteiger partial charge in [0.2, 0.25) is 5.91 Å². The van der Waals surface area contributed by atoms with Crippen molar-refractivity contribution >= 4 is 27.5 Å². The molecule has 2 aromatic rings. The Morgan fingerprint density at radius 3 is 2.79 bits per heavy atom. The van der Waals surface area contributed by atoms with E-state index in [1.54, 1.807) is 6.20 Å². The summed E-state index contributed by atoms with van der Waals surface area (Å²) in [5.41, 5.74) is 1.69. The van der Waals surface area contributed by atoms with Crippen LogP contribution in [0.2, 0.25) is 0 Å². The Morgan fingerprint density at radius 1 is 1.38 bits per heavy atom. The molecule has 1 aliphatic rings. The van der Waals surface area contributed by atoms with Gasteiger partial charge >= 0.3 is 0 Å². The number of hydrogen-bond acceptors (Lipinski definition) is 6. The maximum Gasteiger partial charge on any atom is 0.230 e. The van der Waals surface area contributed by atoms with Crippen LogP contribution in [0.3, 0.4) is 0 Å². The van der Waals surface area contributed by atoms with Gasteiger partial charge in [-0.15, -0.1) is 0 Å². The highest BCUT2D eigenvalue weighted by atomic mass is 32.2. The van der Waals surface area contributed by atoms with E-state index in [0.717, 1.165) is 11.3 Å². The van der Waals surface area contributed by atoms with Gasteiger partial charge < -0.3 is 11.2 Å². The van der Waals surface area contributed by atoms with E-state index in [1.807, 2.05) is 30.3 Å². The molecule has 1 fully saturated rings. The molecule has 0 spiro atoms. The highest BCUT2D eigenvalue weighted by Gasteiger charge is 2.28. The summed E-state index contributed by atoms with van der Waals surface area (Å²) in [6, 6.07) is 9.34. The number of benzene rings is 1. The molecule has 128 valence electrons. The Bertz CT molecular complexity index is 834. The standard InChI is InChI=1S/C15H18N4O3S2/c16-19-8-13(11-4-2-1-3-5-11)18-15(19)23-9-14(20)17-12-6-7-24(21,22)10-12/h1-5,8,12H,6-7,9-10,16H2,(H,17,20)/t12-/m1/s1. The first kappa shape index (κ1) is 16.8. The largest absolute Gasteiger partial charge is 0.352 e. The minimum Gasteiger partial charge on any atom is -0.352 e. The van der Waals surface area contributed by atoms with Crippen molar-refractivity contribution in [3.63, 3.8) is 0 Å². The smallest absolute Gasteiger partial charge is 0.230 e. The third-order valence-electron chi connectivity index (χ3n) is 3.70. The van der Waals surface area contributed by atoms with Gasteiger partial charge in [-0.2, -0.15) is 0 Å². The Hall–Kier alpha value is -2.00. The van der Waals surface area contributed by atoms with Crippen molar-refractivity contribution in [3.05, 3.63) is 36.5 Å². The zero-order valence-electron chi connectivity index (χ0n) is 12.9. The van der Waals surface area contributed by atoms with Crippen molar-refractivity contribution < 1.29 is 13.2 Å². The fourth-order valence-electron chi connectivity index (χ4n) is 2.54. The van der Waals surface area contributed by atoms with E-state index >= 15 is 0 Å². The second kappa shape index (κ2) is 6.86. The fraction of sp³-hybridized carbons (Fsp3) is 0.333. The van der Waals surface area contributed by atoms with E-state index in [0.29, 0.717) is 11.6 Å². The predicted molar refractivity (Wildman–Crippen MR) is 93.7 cm³/mol. The van der Waals surface area contributed by atoms with Gasteiger partial charge in [0.25, 0.3) is 0 Å². The van der Waals surface area contributed by atoms with Gasteiger partial charge in [-0.1, -0.05) is 42.1 Å². The number of carbonyl (C=O) groups is 1. The molecule has 0 unspecified atom stereocenters. The second-order valence-corrected chi connectivity index (χ2v) is 8.81. The zero-order valence-corrected chi connectivity index (χ0v) is 14.5. The summed E-state index contributed by atoms with van der Waals surface area (Å²) in [5, 5.41) is 3.28. The minimum absolute atomic E-state index is 0.0209. The van der Waals surface area contributed by atoms with Crippen LogP contribution in [-0.4, -0.2) is 47.3 Å². The lowest BCUT2D eigenvalue weighted by atomic mass is 10.2. The number of nitrogens with zero attached hydrogens (tertiary/aromatic N) is 2. The highest BCUT2D eigenvalue weighted by molar-refractivity contribution is 7.99. The molecule has 1 amide bonds. The van der Waals surface area contributed by atoms with Crippen molar-refractivity contribution in [3.8, 4) is 11.3 Å². The Morgan fingerprint density at radius 2 is 2.12 bits per heavy atom. The first-order valence-corrected chi connectivity index (χ1v) is 10.3. The Labute approximate surface area is 144 Å². The summed E-state index contributed by atoms with van der Waals surface area (Å²) in [6.45, 7) is 0. The molecule has 3 N–H and O–H groups in total. The van der Waals surface area contributed by atoms with E-state index in [9.17, 15) is 13.2 Å². The number of imidazole rings is 1. The van der Waals surface area contributed by atoms with Crippen molar-refractivity contribution in [1.29, 1.82) is 0 Å². The molecule has 0 bridgehead atoms. The fourth-order valence-corrected chi connectivity index (χ4v) is 4.92. The SMILES string of the molecule is Nn1cc(-c2ccccc2)nc1SCC(=O)N[C@@H]1CCS(=O)(=O)C1. The number of aromatic nitrogens is 2. The number of nitrogen functional groups attached to an aromatic ring is 1. The second-order valence-electron chi connectivity index (χ2n) is 5.64. The quantitative estimate of drug-likeness (QED) is 0.595. The van der Waals surface area contributed by atoms with Crippen LogP contribution in [-0.2, 0) is 14.6 Å². The summed E-state index contributed by atoms with van der Waals surface area (Å²) in [5.74, 6) is 5.97. The number of nitrogens with one attached hydrogen (secondary N) is 1. The zero-order chi connectivity index (χ0) is 17.2. The molecule has 9 heteroatoms. The molecular formula is C15H18N4O3S2. The van der Waals surface area contributed by atoms with E-state index in [4.69, 9.17) is 5.84 Å². The van der Waals surface area contributed by atoms with E-state index < -0.39 is 9.84 Å². The number of amides is 1. The molecule has 2 heterocycles. The molecule has 7 nitrogen and oxygen atoms in total. The third kappa shape index (κ3) is 4.09. The van der Waals surface area contributed by atoms with Crippen LogP contribution in [0.15, 0.2) is 41.7 Å². The lowest BCUT2D eigenvalue weighted by Gasteiger charge is -2.10. The maximum absolute atomic E-state index is 12.0. The summed E-state index contributed by atoms with van der Waals surface area (Å²) in [7, 11) is -3.00. The monoisotopic (exact) mass is 366 g/mol. The van der Waals surface area contributed by atoms with Gasteiger partial charge in [-0.05, 0) is 6.42 Å². The Balaban J connectivity index is 1.57. The van der Waals surface area contributed by atoms with Crippen molar-refractivity contribution in [2.75, 3.05) is 23.1 Å². The molecule has 0 aliphatic carbocycles. The van der Waals surface area contributed by atoms with Crippen LogP contribution < -0.4 is 11.2 Å². The van der Waals surface area contributed by atoms with Gasteiger partial charge in [0.15, 0.2) is 15.0 Å². The lowest BCUT2D eigenvalue weighted by Crippen LogP contribution is -2.36. The van der Waals surface area contributed by atoms with E-state index in [-0.39, 0.29) is 29.2 Å². The molecule has 1 saturated heterocycles. The number of thioether (sulfide) groups is 1. The van der Waals surface area contributed by atoms with E-state index in [1.165, 1.54) is 16.4 Å². The topological polar surface area (TPSA) is 107 Å². The number of carbonyl (C=O) groups excluding carboxylic acids is 1. The highest BCUT2D eigenvalue weighted by Crippen LogP contribution is 2.22. The molecule has 0 radical (unpaired) electrons. The number of sulfone groups is 1. The van der Waals surface area contributed by atoms with E-state index in [2.05, 4.69) is 10.3 Å². The predicted octanol–water partition coefficient (Wildman–Crippen LogP) is 0.659. The molecule has 0 saturated carbocycles. The number of nitrogens with two attached hydrogens (primary N) is 1. The van der Waals surface area contributed by atoms with Crippen LogP contribution in [0.5, 0.6) is 0 Å². The molecule has 1 aromatic carbocycles. The van der Waals surface area contributed by atoms with Crippen LogP contribution >= 0.6 is 11.8 Å². The van der Waals surface area contributed by atoms with Gasteiger partial charge in [-0.25, -0.2) is 18.1 Å². The minimum atomic E-state index is -3.00. The first-order valence-electron chi connectivity index (χ1n) is 7.45. The van der Waals surface area contributed by atoms with Gasteiger partial charge in [0.1, 0.15) is 0 Å². The van der Waals surface area contributed by atoms with Crippen LogP contribution in [0.25, 0.3) is 11.3 Å². The van der Waals surface area contributed by atoms with Crippen molar-refractivity contribution in [1.82, 2.24) is 15.0 Å². The Kier molecular flexibility index (Phi) is 4.81. The molecule has 1 aromatic heterocycles. The summed E-state index contributed by atoms with van der Waals surface area (Å²) >= 11 is 1.22. The van der Waals surface area contributed by atoms with Gasteiger partial charge in [0, 0.05) is 11.6 Å². The first-order chi connectivity index (χ1) is 11.4. The van der Waals surface area contributed by atoms with Crippen LogP contribution in [0.4, 0.5) is 0 Å². The average Bonchev–Trinajstić information content (AvgIpc) is 3.08. The summed E-state index contributed by atoms with van der Waals surface area (Å²) < 4.78 is 24.2. The average molecular weight is 366 g/mol.